The van der Waals surface area contributed by atoms with Crippen LogP contribution in [0.15, 0.2) is 53.9 Å². The fourth-order valence-corrected chi connectivity index (χ4v) is 4.63. The number of methoxy groups -OCH3 is 2. The van der Waals surface area contributed by atoms with E-state index < -0.39 is 10.8 Å². The lowest BCUT2D eigenvalue weighted by molar-refractivity contribution is 0.395. The van der Waals surface area contributed by atoms with E-state index in [4.69, 9.17) is 9.47 Å². The second kappa shape index (κ2) is 8.96. The third-order valence-corrected chi connectivity index (χ3v) is 6.16. The minimum absolute atomic E-state index is 0.474. The van der Waals surface area contributed by atoms with Gasteiger partial charge in [-0.3, -0.25) is 4.21 Å². The van der Waals surface area contributed by atoms with Crippen LogP contribution >= 0.6 is 11.3 Å². The minimum atomic E-state index is -0.934. The molecule has 0 amide bonds. The van der Waals surface area contributed by atoms with Crippen molar-refractivity contribution in [2.45, 2.75) is 12.2 Å². The van der Waals surface area contributed by atoms with Gasteiger partial charge in [0.25, 0.3) is 0 Å². The van der Waals surface area contributed by atoms with E-state index in [0.29, 0.717) is 11.5 Å². The Balaban J connectivity index is 1.65. The number of ether oxygens (including phenoxy) is 2. The van der Waals surface area contributed by atoms with Crippen molar-refractivity contribution in [3.8, 4) is 22.1 Å². The topological polar surface area (TPSA) is 48.4 Å². The molecule has 3 rings (SSSR count). The summed E-state index contributed by atoms with van der Waals surface area (Å²) in [6.45, 7) is 0. The van der Waals surface area contributed by atoms with Crippen molar-refractivity contribution >= 4 is 22.1 Å². The fraction of sp³-hybridized carbons (Fsp3) is 0.250. The molecule has 0 spiro atoms. The highest BCUT2D eigenvalue weighted by Crippen LogP contribution is 2.35. The predicted octanol–water partition coefficient (Wildman–Crippen LogP) is 4.32. The van der Waals surface area contributed by atoms with E-state index in [0.717, 1.165) is 34.2 Å². The molecular weight excluding hydrogens is 366 g/mol. The molecule has 136 valence electrons. The van der Waals surface area contributed by atoms with Gasteiger partial charge in [0, 0.05) is 28.0 Å². The van der Waals surface area contributed by atoms with Crippen molar-refractivity contribution < 1.29 is 13.7 Å². The average Bonchev–Trinajstić information content (AvgIpc) is 3.14. The molecular formula is C20H21NO3S2. The predicted molar refractivity (Wildman–Crippen MR) is 108 cm³/mol. The highest BCUT2D eigenvalue weighted by Gasteiger charge is 2.13. The first kappa shape index (κ1) is 18.6. The summed E-state index contributed by atoms with van der Waals surface area (Å²) in [4.78, 5) is 4.64. The number of hydrogen-bond donors (Lipinski definition) is 0. The number of thiazole rings is 1. The summed E-state index contributed by atoms with van der Waals surface area (Å²) in [5.74, 6) is 2.57. The van der Waals surface area contributed by atoms with Crippen LogP contribution in [0, 0.1) is 0 Å². The fourth-order valence-electron chi connectivity index (χ4n) is 2.59. The maximum atomic E-state index is 12.4. The molecule has 0 aliphatic heterocycles. The molecule has 6 heteroatoms. The molecule has 2 aromatic carbocycles. The van der Waals surface area contributed by atoms with E-state index in [-0.39, 0.29) is 0 Å². The van der Waals surface area contributed by atoms with E-state index >= 15 is 0 Å². The Hall–Kier alpha value is -2.18. The largest absolute Gasteiger partial charge is 0.497 e. The van der Waals surface area contributed by atoms with Gasteiger partial charge in [-0.15, -0.1) is 11.3 Å². The van der Waals surface area contributed by atoms with Gasteiger partial charge in [0.2, 0.25) is 0 Å². The Kier molecular flexibility index (Phi) is 6.41. The molecule has 3 aromatic rings. The number of nitrogens with zero attached hydrogens (tertiary/aromatic N) is 1. The van der Waals surface area contributed by atoms with Crippen LogP contribution in [-0.2, 0) is 23.0 Å². The van der Waals surface area contributed by atoms with Gasteiger partial charge in [0.15, 0.2) is 0 Å². The first-order valence-electron chi connectivity index (χ1n) is 8.25. The van der Waals surface area contributed by atoms with E-state index in [9.17, 15) is 4.21 Å². The molecule has 1 atom stereocenters. The van der Waals surface area contributed by atoms with Crippen LogP contribution in [-0.4, -0.2) is 29.2 Å². The van der Waals surface area contributed by atoms with Crippen LogP contribution in [0.2, 0.25) is 0 Å². The lowest BCUT2D eigenvalue weighted by Gasteiger charge is -2.08. The van der Waals surface area contributed by atoms with E-state index in [2.05, 4.69) is 17.1 Å². The lowest BCUT2D eigenvalue weighted by atomic mass is 10.2. The molecule has 1 unspecified atom stereocenters. The molecule has 26 heavy (non-hydrogen) atoms. The number of benzene rings is 2. The molecule has 0 saturated heterocycles. The second-order valence-corrected chi connectivity index (χ2v) is 8.17. The number of aromatic nitrogens is 1. The van der Waals surface area contributed by atoms with E-state index in [1.165, 1.54) is 16.9 Å². The normalized spacial score (nSPS) is 11.9. The van der Waals surface area contributed by atoms with Gasteiger partial charge in [0.1, 0.15) is 16.5 Å². The Morgan fingerprint density at radius 2 is 1.88 bits per heavy atom. The zero-order chi connectivity index (χ0) is 18.4. The lowest BCUT2D eigenvalue weighted by Crippen LogP contribution is -2.04. The van der Waals surface area contributed by atoms with Gasteiger partial charge in [-0.1, -0.05) is 30.3 Å². The molecule has 0 N–H and O–H groups in total. The number of rotatable bonds is 8. The third-order valence-electron chi connectivity index (χ3n) is 3.96. The van der Waals surface area contributed by atoms with Crippen molar-refractivity contribution in [3.05, 3.63) is 65.2 Å². The maximum absolute atomic E-state index is 12.4. The molecule has 1 heterocycles. The molecule has 0 aliphatic carbocycles. The van der Waals surface area contributed by atoms with Crippen LogP contribution in [0.1, 0.15) is 11.3 Å². The van der Waals surface area contributed by atoms with Gasteiger partial charge in [-0.05, 0) is 24.1 Å². The molecule has 4 nitrogen and oxygen atoms in total. The van der Waals surface area contributed by atoms with Crippen LogP contribution in [0.4, 0.5) is 0 Å². The van der Waals surface area contributed by atoms with Crippen LogP contribution in [0.5, 0.6) is 11.5 Å². The Bertz CT molecular complexity index is 878. The summed E-state index contributed by atoms with van der Waals surface area (Å²) in [5.41, 5.74) is 2.98. The van der Waals surface area contributed by atoms with Gasteiger partial charge >= 0.3 is 0 Å². The highest BCUT2D eigenvalue weighted by molar-refractivity contribution is 7.84. The quantitative estimate of drug-likeness (QED) is 0.578. The molecule has 0 radical (unpaired) electrons. The molecule has 0 aliphatic rings. The van der Waals surface area contributed by atoms with Gasteiger partial charge in [-0.2, -0.15) is 0 Å². The second-order valence-electron chi connectivity index (χ2n) is 5.73. The van der Waals surface area contributed by atoms with Crippen LogP contribution in [0.25, 0.3) is 10.6 Å². The Labute approximate surface area is 160 Å². The third kappa shape index (κ3) is 4.71. The SMILES string of the molecule is COc1ccc(-c2nc(CS(=O)CCc3ccccc3)cs2)c(OC)c1. The Morgan fingerprint density at radius 3 is 2.62 bits per heavy atom. The van der Waals surface area contributed by atoms with Crippen molar-refractivity contribution in [1.29, 1.82) is 0 Å². The maximum Gasteiger partial charge on any atom is 0.132 e. The zero-order valence-electron chi connectivity index (χ0n) is 14.8. The monoisotopic (exact) mass is 387 g/mol. The van der Waals surface area contributed by atoms with E-state index in [1.54, 1.807) is 14.2 Å². The molecule has 0 saturated carbocycles. The van der Waals surface area contributed by atoms with Gasteiger partial charge in [-0.25, -0.2) is 4.98 Å². The smallest absolute Gasteiger partial charge is 0.132 e. The summed E-state index contributed by atoms with van der Waals surface area (Å²) < 4.78 is 23.1. The summed E-state index contributed by atoms with van der Waals surface area (Å²) in [6.07, 6.45) is 0.816. The van der Waals surface area contributed by atoms with Crippen molar-refractivity contribution in [2.24, 2.45) is 0 Å². The van der Waals surface area contributed by atoms with Crippen LogP contribution < -0.4 is 9.47 Å². The van der Waals surface area contributed by atoms with Crippen LogP contribution in [0.3, 0.4) is 0 Å². The molecule has 1 aromatic heterocycles. The number of hydrogen-bond acceptors (Lipinski definition) is 5. The number of aryl methyl sites for hydroxylation is 1. The van der Waals surface area contributed by atoms with Crippen molar-refractivity contribution in [3.63, 3.8) is 0 Å². The van der Waals surface area contributed by atoms with Gasteiger partial charge < -0.3 is 9.47 Å². The summed E-state index contributed by atoms with van der Waals surface area (Å²) >= 11 is 1.54. The minimum Gasteiger partial charge on any atom is -0.497 e. The van der Waals surface area contributed by atoms with Crippen molar-refractivity contribution in [1.82, 2.24) is 4.98 Å². The first-order valence-corrected chi connectivity index (χ1v) is 10.6. The molecule has 0 bridgehead atoms. The zero-order valence-corrected chi connectivity index (χ0v) is 16.4. The van der Waals surface area contributed by atoms with Gasteiger partial charge in [0.05, 0.1) is 31.2 Å². The highest BCUT2D eigenvalue weighted by atomic mass is 32.2. The average molecular weight is 388 g/mol. The summed E-state index contributed by atoms with van der Waals surface area (Å²) in [7, 11) is 2.32. The first-order chi connectivity index (χ1) is 12.7. The van der Waals surface area contributed by atoms with Crippen molar-refractivity contribution in [2.75, 3.05) is 20.0 Å². The Morgan fingerprint density at radius 1 is 1.08 bits per heavy atom. The van der Waals surface area contributed by atoms with E-state index in [1.807, 2.05) is 41.8 Å². The summed E-state index contributed by atoms with van der Waals surface area (Å²) in [6, 6.07) is 15.8. The standard InChI is InChI=1S/C20H21NO3S2/c1-23-17-8-9-18(19(12-17)24-2)20-21-16(13-25-20)14-26(22)11-10-15-6-4-3-5-7-15/h3-9,12-13H,10-11,14H2,1-2H3. The summed E-state index contributed by atoms with van der Waals surface area (Å²) in [5, 5.41) is 2.83. The molecule has 0 fully saturated rings.